The van der Waals surface area contributed by atoms with Gasteiger partial charge in [0.2, 0.25) is 0 Å². The van der Waals surface area contributed by atoms with Crippen LogP contribution in [0.3, 0.4) is 0 Å². The van der Waals surface area contributed by atoms with E-state index in [-0.39, 0.29) is 0 Å². The van der Waals surface area contributed by atoms with E-state index in [0.717, 1.165) is 49.6 Å². The van der Waals surface area contributed by atoms with Crippen molar-refractivity contribution < 1.29 is 4.42 Å². The number of nitrogens with zero attached hydrogens (tertiary/aromatic N) is 3. The zero-order valence-corrected chi connectivity index (χ0v) is 28.0. The van der Waals surface area contributed by atoms with Gasteiger partial charge in [0.15, 0.2) is 11.6 Å². The molecule has 0 saturated carbocycles. The molecule has 0 aliphatic heterocycles. The molecule has 0 radical (unpaired) electrons. The second kappa shape index (κ2) is 11.3. The molecular formula is C48H29N3O. The minimum atomic E-state index is 0.526. The summed E-state index contributed by atoms with van der Waals surface area (Å²) in [5.74, 6) is 2.03. The fourth-order valence-corrected chi connectivity index (χ4v) is 8.12. The highest BCUT2D eigenvalue weighted by molar-refractivity contribution is 6.19. The number of aromatic nitrogens is 3. The number of furan rings is 1. The van der Waals surface area contributed by atoms with Gasteiger partial charge in [-0.2, -0.15) is 0 Å². The molecule has 2 aromatic heterocycles. The zero-order chi connectivity index (χ0) is 34.2. The molecule has 0 bridgehead atoms. The molecule has 0 N–H and O–H groups in total. The third-order valence-corrected chi connectivity index (χ3v) is 10.5. The highest BCUT2D eigenvalue weighted by Crippen LogP contribution is 2.49. The Bertz CT molecular complexity index is 3020. The van der Waals surface area contributed by atoms with Crippen molar-refractivity contribution in [3.05, 3.63) is 175 Å². The predicted molar refractivity (Wildman–Crippen MR) is 212 cm³/mol. The Balaban J connectivity index is 1.05. The third-order valence-electron chi connectivity index (χ3n) is 10.5. The lowest BCUT2D eigenvalue weighted by molar-refractivity contribution is 0.668. The van der Waals surface area contributed by atoms with Crippen molar-refractivity contribution in [3.8, 4) is 56.2 Å². The Morgan fingerprint density at radius 2 is 1.08 bits per heavy atom. The summed E-state index contributed by atoms with van der Waals surface area (Å²) in [4.78, 5) is 15.1. The summed E-state index contributed by atoms with van der Waals surface area (Å²) in [6.07, 6.45) is 0.526. The molecular weight excluding hydrogens is 635 g/mol. The molecule has 8 aromatic carbocycles. The first-order chi connectivity index (χ1) is 25.7. The van der Waals surface area contributed by atoms with Crippen LogP contribution < -0.4 is 0 Å². The van der Waals surface area contributed by atoms with Gasteiger partial charge in [-0.1, -0.05) is 140 Å². The van der Waals surface area contributed by atoms with Gasteiger partial charge in [-0.15, -0.1) is 0 Å². The van der Waals surface area contributed by atoms with Crippen LogP contribution in [0.4, 0.5) is 0 Å². The van der Waals surface area contributed by atoms with Gasteiger partial charge >= 0.3 is 0 Å². The smallest absolute Gasteiger partial charge is 0.163 e. The lowest BCUT2D eigenvalue weighted by Gasteiger charge is -2.11. The largest absolute Gasteiger partial charge is 0.456 e. The van der Waals surface area contributed by atoms with E-state index in [1.54, 1.807) is 0 Å². The minimum Gasteiger partial charge on any atom is -0.456 e. The molecule has 1 aliphatic carbocycles. The molecule has 0 spiro atoms. The average Bonchev–Trinajstić information content (AvgIpc) is 3.75. The minimum absolute atomic E-state index is 0.526. The van der Waals surface area contributed by atoms with Crippen LogP contribution >= 0.6 is 0 Å². The zero-order valence-electron chi connectivity index (χ0n) is 28.0. The lowest BCUT2D eigenvalue weighted by atomic mass is 9.93. The van der Waals surface area contributed by atoms with Gasteiger partial charge in [0, 0.05) is 28.3 Å². The van der Waals surface area contributed by atoms with Crippen LogP contribution in [0.5, 0.6) is 0 Å². The maximum absolute atomic E-state index is 6.47. The molecule has 2 heterocycles. The molecule has 1 aliphatic rings. The van der Waals surface area contributed by atoms with E-state index in [4.69, 9.17) is 19.4 Å². The second-order valence-corrected chi connectivity index (χ2v) is 13.5. The van der Waals surface area contributed by atoms with E-state index in [2.05, 4.69) is 133 Å². The maximum Gasteiger partial charge on any atom is 0.163 e. The summed E-state index contributed by atoms with van der Waals surface area (Å²) in [6, 6.07) is 57.7. The Hall–Kier alpha value is -6.91. The maximum atomic E-state index is 6.47. The van der Waals surface area contributed by atoms with E-state index < -0.39 is 0 Å². The van der Waals surface area contributed by atoms with Crippen molar-refractivity contribution in [3.63, 3.8) is 0 Å². The fraction of sp³-hybridized carbons (Fsp3) is 0.0208. The van der Waals surface area contributed by atoms with Crippen LogP contribution in [0, 0.1) is 0 Å². The summed E-state index contributed by atoms with van der Waals surface area (Å²) in [7, 11) is 0. The summed E-state index contributed by atoms with van der Waals surface area (Å²) in [6.45, 7) is 0. The first kappa shape index (κ1) is 28.9. The van der Waals surface area contributed by atoms with Crippen LogP contribution in [0.2, 0.25) is 0 Å². The molecule has 11 rings (SSSR count). The van der Waals surface area contributed by atoms with Crippen molar-refractivity contribution in [2.24, 2.45) is 0 Å². The standard InChI is InChI=1S/C48H29N3O/c1-2-11-30(12-3-1)47-49-44(50-48(51-47)34-21-20-29-10-4-5-13-31(29)26-34)28-33-14-8-19-43-45(33)41-27-32(22-25-42(41)52-43)35-23-24-40-37-16-7-6-15-36(37)39-18-9-17-38(35)46(39)40/h1-27H,28H2. The van der Waals surface area contributed by atoms with E-state index in [1.165, 1.54) is 44.0 Å². The van der Waals surface area contributed by atoms with Gasteiger partial charge in [0.25, 0.3) is 0 Å². The normalized spacial score (nSPS) is 11.9. The first-order valence-electron chi connectivity index (χ1n) is 17.6. The molecule has 4 nitrogen and oxygen atoms in total. The highest BCUT2D eigenvalue weighted by Gasteiger charge is 2.23. The van der Waals surface area contributed by atoms with Crippen molar-refractivity contribution in [2.45, 2.75) is 6.42 Å². The van der Waals surface area contributed by atoms with Gasteiger partial charge in [0.05, 0.1) is 0 Å². The van der Waals surface area contributed by atoms with Crippen molar-refractivity contribution in [1.82, 2.24) is 15.0 Å². The summed E-state index contributed by atoms with van der Waals surface area (Å²) in [5.41, 5.74) is 12.3. The average molecular weight is 664 g/mol. The van der Waals surface area contributed by atoms with Gasteiger partial charge in [-0.25, -0.2) is 15.0 Å². The van der Waals surface area contributed by atoms with Crippen LogP contribution in [0.15, 0.2) is 168 Å². The van der Waals surface area contributed by atoms with Gasteiger partial charge in [0.1, 0.15) is 17.0 Å². The van der Waals surface area contributed by atoms with E-state index in [1.807, 2.05) is 30.3 Å². The third kappa shape index (κ3) is 4.51. The highest BCUT2D eigenvalue weighted by atomic mass is 16.3. The molecule has 4 heteroatoms. The molecule has 10 aromatic rings. The van der Waals surface area contributed by atoms with E-state index in [9.17, 15) is 0 Å². The number of hydrogen-bond acceptors (Lipinski definition) is 4. The first-order valence-corrected chi connectivity index (χ1v) is 17.6. The number of benzene rings is 8. The molecule has 52 heavy (non-hydrogen) atoms. The molecule has 242 valence electrons. The Morgan fingerprint density at radius 1 is 0.385 bits per heavy atom. The molecule has 0 amide bonds. The summed E-state index contributed by atoms with van der Waals surface area (Å²) < 4.78 is 6.47. The van der Waals surface area contributed by atoms with E-state index >= 15 is 0 Å². The topological polar surface area (TPSA) is 51.8 Å². The van der Waals surface area contributed by atoms with Crippen LogP contribution in [0.1, 0.15) is 11.4 Å². The fourth-order valence-electron chi connectivity index (χ4n) is 8.12. The summed E-state index contributed by atoms with van der Waals surface area (Å²) in [5, 5.41) is 7.10. The SMILES string of the molecule is c1ccc(-c2nc(Cc3cccc4oc5ccc(-c6ccc7c8c(cccc68)-c6ccccc6-7)cc5c34)nc(-c3ccc4ccccc4c3)n2)cc1. The monoisotopic (exact) mass is 663 g/mol. The molecule has 0 saturated heterocycles. The van der Waals surface area contributed by atoms with Crippen molar-refractivity contribution >= 4 is 43.5 Å². The van der Waals surface area contributed by atoms with Gasteiger partial charge in [-0.05, 0) is 84.8 Å². The molecule has 0 fully saturated rings. The quantitative estimate of drug-likeness (QED) is 0.184. The Labute approximate surface area is 299 Å². The van der Waals surface area contributed by atoms with Gasteiger partial charge in [-0.3, -0.25) is 0 Å². The lowest BCUT2D eigenvalue weighted by Crippen LogP contribution is -2.04. The Kier molecular flexibility index (Phi) is 6.28. The molecule has 0 unspecified atom stereocenters. The van der Waals surface area contributed by atoms with Crippen molar-refractivity contribution in [1.29, 1.82) is 0 Å². The van der Waals surface area contributed by atoms with Crippen LogP contribution in [-0.4, -0.2) is 15.0 Å². The van der Waals surface area contributed by atoms with E-state index in [0.29, 0.717) is 23.9 Å². The van der Waals surface area contributed by atoms with Crippen LogP contribution in [0.25, 0.3) is 99.6 Å². The van der Waals surface area contributed by atoms with Gasteiger partial charge < -0.3 is 4.42 Å². The number of rotatable bonds is 5. The van der Waals surface area contributed by atoms with Crippen LogP contribution in [-0.2, 0) is 6.42 Å². The molecule has 0 atom stereocenters. The second-order valence-electron chi connectivity index (χ2n) is 13.5. The summed E-state index contributed by atoms with van der Waals surface area (Å²) >= 11 is 0. The van der Waals surface area contributed by atoms with Crippen molar-refractivity contribution in [2.75, 3.05) is 0 Å². The number of hydrogen-bond donors (Lipinski definition) is 0. The predicted octanol–water partition coefficient (Wildman–Crippen LogP) is 12.3. The Morgan fingerprint density at radius 3 is 1.94 bits per heavy atom. The number of fused-ring (bicyclic) bond motifs is 7.